The van der Waals surface area contributed by atoms with E-state index in [4.69, 9.17) is 4.98 Å². The van der Waals surface area contributed by atoms with Crippen molar-refractivity contribution in [2.75, 3.05) is 25.4 Å². The van der Waals surface area contributed by atoms with Gasteiger partial charge in [0.25, 0.3) is 0 Å². The molecule has 0 bridgehead atoms. The van der Waals surface area contributed by atoms with Gasteiger partial charge in [-0.3, -0.25) is 0 Å². The van der Waals surface area contributed by atoms with Crippen molar-refractivity contribution in [3.63, 3.8) is 0 Å². The zero-order chi connectivity index (χ0) is 16.9. The Labute approximate surface area is 153 Å². The molecule has 4 rings (SSSR count). The van der Waals surface area contributed by atoms with E-state index in [9.17, 15) is 0 Å². The molecular weight excluding hydrogens is 326 g/mol. The monoisotopic (exact) mass is 349 g/mol. The molecule has 0 saturated carbocycles. The molecule has 4 heteroatoms. The lowest BCUT2D eigenvalue weighted by molar-refractivity contribution is 0.362. The number of rotatable bonds is 6. The number of benzene rings is 2. The third kappa shape index (κ3) is 3.97. The highest BCUT2D eigenvalue weighted by Gasteiger charge is 2.15. The average molecular weight is 350 g/mol. The number of thioether (sulfide) groups is 1. The second-order valence-corrected chi connectivity index (χ2v) is 7.48. The summed E-state index contributed by atoms with van der Waals surface area (Å²) in [6.07, 6.45) is 2.70. The Balaban J connectivity index is 1.57. The van der Waals surface area contributed by atoms with Gasteiger partial charge in [0.15, 0.2) is 5.16 Å². The third-order valence-electron chi connectivity index (χ3n) is 4.64. The first-order chi connectivity index (χ1) is 12.4. The first-order valence-corrected chi connectivity index (χ1v) is 9.95. The van der Waals surface area contributed by atoms with Crippen LogP contribution in [0.25, 0.3) is 22.5 Å². The summed E-state index contributed by atoms with van der Waals surface area (Å²) in [6, 6.07) is 20.9. The molecule has 128 valence electrons. The molecule has 25 heavy (non-hydrogen) atoms. The van der Waals surface area contributed by atoms with E-state index >= 15 is 0 Å². The van der Waals surface area contributed by atoms with Crippen LogP contribution in [0.2, 0.25) is 0 Å². The number of aromatic amines is 1. The van der Waals surface area contributed by atoms with Crippen LogP contribution >= 0.6 is 11.8 Å². The van der Waals surface area contributed by atoms with Crippen LogP contribution in [0.5, 0.6) is 0 Å². The number of nitrogens with zero attached hydrogens (tertiary/aromatic N) is 2. The maximum Gasteiger partial charge on any atom is 0.166 e. The van der Waals surface area contributed by atoms with E-state index in [0.717, 1.165) is 34.4 Å². The predicted octanol–water partition coefficient (Wildman–Crippen LogP) is 4.93. The summed E-state index contributed by atoms with van der Waals surface area (Å²) in [5.74, 6) is 1.08. The molecule has 1 N–H and O–H groups in total. The van der Waals surface area contributed by atoms with E-state index < -0.39 is 0 Å². The Morgan fingerprint density at radius 1 is 0.880 bits per heavy atom. The van der Waals surface area contributed by atoms with Gasteiger partial charge in [0.2, 0.25) is 0 Å². The minimum atomic E-state index is 1.01. The van der Waals surface area contributed by atoms with Crippen molar-refractivity contribution in [2.45, 2.75) is 18.0 Å². The first kappa shape index (κ1) is 16.4. The Morgan fingerprint density at radius 2 is 1.52 bits per heavy atom. The summed E-state index contributed by atoms with van der Waals surface area (Å²) in [5, 5.41) is 1.01. The van der Waals surface area contributed by atoms with E-state index in [2.05, 4.69) is 58.4 Å². The topological polar surface area (TPSA) is 31.9 Å². The Morgan fingerprint density at radius 3 is 2.20 bits per heavy atom. The van der Waals surface area contributed by atoms with Gasteiger partial charge in [-0.1, -0.05) is 72.4 Å². The normalized spacial score (nSPS) is 14.9. The maximum absolute atomic E-state index is 4.91. The van der Waals surface area contributed by atoms with E-state index in [-0.39, 0.29) is 0 Å². The van der Waals surface area contributed by atoms with Crippen molar-refractivity contribution < 1.29 is 0 Å². The fraction of sp³-hybridized carbons (Fsp3) is 0.286. The average Bonchev–Trinajstić information content (AvgIpc) is 3.33. The van der Waals surface area contributed by atoms with Crippen molar-refractivity contribution in [2.24, 2.45) is 0 Å². The summed E-state index contributed by atoms with van der Waals surface area (Å²) in [5.41, 5.74) is 4.48. The molecule has 1 aliphatic heterocycles. The molecule has 1 aliphatic rings. The molecular formula is C21H23N3S. The highest BCUT2D eigenvalue weighted by Crippen LogP contribution is 2.32. The molecule has 0 spiro atoms. The highest BCUT2D eigenvalue weighted by molar-refractivity contribution is 7.99. The number of aromatic nitrogens is 2. The van der Waals surface area contributed by atoms with Crippen LogP contribution in [0.15, 0.2) is 65.8 Å². The van der Waals surface area contributed by atoms with E-state index in [1.54, 1.807) is 0 Å². The van der Waals surface area contributed by atoms with Crippen LogP contribution in [0.3, 0.4) is 0 Å². The quantitative estimate of drug-likeness (QED) is 0.640. The van der Waals surface area contributed by atoms with Crippen molar-refractivity contribution >= 4 is 11.8 Å². The highest BCUT2D eigenvalue weighted by atomic mass is 32.2. The second-order valence-electron chi connectivity index (χ2n) is 6.39. The summed E-state index contributed by atoms with van der Waals surface area (Å²) in [4.78, 5) is 11.0. The van der Waals surface area contributed by atoms with Crippen LogP contribution in [-0.4, -0.2) is 40.3 Å². The standard InChI is InChI=1S/C21H23N3S/c1-3-9-17(10-4-1)19-20(18-11-5-2-6-12-18)23-21(22-19)25-16-15-24-13-7-8-14-24/h1-6,9-12H,7-8,13-16H2,(H,22,23). The number of hydrogen-bond acceptors (Lipinski definition) is 3. The molecule has 2 aromatic carbocycles. The van der Waals surface area contributed by atoms with Gasteiger partial charge >= 0.3 is 0 Å². The van der Waals surface area contributed by atoms with Gasteiger partial charge in [-0.2, -0.15) is 0 Å². The lowest BCUT2D eigenvalue weighted by Crippen LogP contribution is -2.21. The number of imidazole rings is 1. The van der Waals surface area contributed by atoms with Crippen LogP contribution in [0.4, 0.5) is 0 Å². The number of likely N-dealkylation sites (tertiary alicyclic amines) is 1. The molecule has 1 saturated heterocycles. The van der Waals surface area contributed by atoms with Gasteiger partial charge in [0.1, 0.15) is 0 Å². The summed E-state index contributed by atoms with van der Waals surface area (Å²) < 4.78 is 0. The minimum absolute atomic E-state index is 1.01. The lowest BCUT2D eigenvalue weighted by atomic mass is 10.1. The smallest absolute Gasteiger partial charge is 0.166 e. The zero-order valence-electron chi connectivity index (χ0n) is 14.3. The first-order valence-electron chi connectivity index (χ1n) is 8.96. The number of nitrogens with one attached hydrogen (secondary N) is 1. The van der Waals surface area contributed by atoms with E-state index in [1.807, 2.05) is 23.9 Å². The molecule has 3 aromatic rings. The molecule has 0 atom stereocenters. The van der Waals surface area contributed by atoms with Gasteiger partial charge < -0.3 is 9.88 Å². The molecule has 0 unspecified atom stereocenters. The van der Waals surface area contributed by atoms with Crippen molar-refractivity contribution in [1.29, 1.82) is 0 Å². The number of hydrogen-bond donors (Lipinski definition) is 1. The Hall–Kier alpha value is -2.04. The molecule has 3 nitrogen and oxygen atoms in total. The van der Waals surface area contributed by atoms with Crippen LogP contribution in [0.1, 0.15) is 12.8 Å². The van der Waals surface area contributed by atoms with Crippen molar-refractivity contribution in [3.05, 3.63) is 60.7 Å². The van der Waals surface area contributed by atoms with Gasteiger partial charge in [-0.15, -0.1) is 0 Å². The number of H-pyrrole nitrogens is 1. The molecule has 1 fully saturated rings. The van der Waals surface area contributed by atoms with E-state index in [1.165, 1.54) is 31.5 Å². The third-order valence-corrected chi connectivity index (χ3v) is 5.49. The molecule has 0 amide bonds. The van der Waals surface area contributed by atoms with Crippen LogP contribution in [-0.2, 0) is 0 Å². The van der Waals surface area contributed by atoms with Crippen LogP contribution in [0, 0.1) is 0 Å². The minimum Gasteiger partial charge on any atom is -0.332 e. The Kier molecular flexibility index (Phi) is 5.19. The summed E-state index contributed by atoms with van der Waals surface area (Å²) in [7, 11) is 0. The molecule has 2 heterocycles. The Bertz CT molecular complexity index is 736. The van der Waals surface area contributed by atoms with E-state index in [0.29, 0.717) is 0 Å². The zero-order valence-corrected chi connectivity index (χ0v) is 15.1. The molecule has 0 radical (unpaired) electrons. The fourth-order valence-electron chi connectivity index (χ4n) is 3.32. The summed E-state index contributed by atoms with van der Waals surface area (Å²) >= 11 is 1.82. The summed E-state index contributed by atoms with van der Waals surface area (Å²) in [6.45, 7) is 3.65. The lowest BCUT2D eigenvalue weighted by Gasteiger charge is -2.12. The van der Waals surface area contributed by atoms with Gasteiger partial charge in [0.05, 0.1) is 11.4 Å². The molecule has 0 aliphatic carbocycles. The fourth-order valence-corrected chi connectivity index (χ4v) is 4.19. The van der Waals surface area contributed by atoms with Crippen molar-refractivity contribution in [3.8, 4) is 22.5 Å². The molecule has 1 aromatic heterocycles. The largest absolute Gasteiger partial charge is 0.332 e. The maximum atomic E-state index is 4.91. The van der Waals surface area contributed by atoms with Crippen molar-refractivity contribution in [1.82, 2.24) is 14.9 Å². The van der Waals surface area contributed by atoms with Crippen LogP contribution < -0.4 is 0 Å². The van der Waals surface area contributed by atoms with Gasteiger partial charge in [-0.25, -0.2) is 4.98 Å². The predicted molar refractivity (Wildman–Crippen MR) is 106 cm³/mol. The van der Waals surface area contributed by atoms with Gasteiger partial charge in [-0.05, 0) is 25.9 Å². The van der Waals surface area contributed by atoms with Gasteiger partial charge in [0, 0.05) is 23.4 Å². The second kappa shape index (κ2) is 7.89. The SMILES string of the molecule is c1ccc(-c2nc(SCCN3CCCC3)[nH]c2-c2ccccc2)cc1.